The molecule has 4 aromatic carbocycles. The van der Waals surface area contributed by atoms with E-state index in [2.05, 4.69) is 10.6 Å². The maximum Gasteiger partial charge on any atom is 0.416 e. The number of hydrogen-bond acceptors (Lipinski definition) is 4. The second-order valence-corrected chi connectivity index (χ2v) is 9.64. The lowest BCUT2D eigenvalue weighted by Gasteiger charge is -2.24. The van der Waals surface area contributed by atoms with Gasteiger partial charge in [0.15, 0.2) is 0 Å². The van der Waals surface area contributed by atoms with Crippen LogP contribution in [0.1, 0.15) is 27.0 Å². The zero-order chi connectivity index (χ0) is 30.1. The number of nitrogens with two attached hydrogens (primary N) is 1. The summed E-state index contributed by atoms with van der Waals surface area (Å²) < 4.78 is 39.7. The molecule has 0 unspecified atom stereocenters. The van der Waals surface area contributed by atoms with Crippen LogP contribution in [0.2, 0.25) is 0 Å². The number of carbonyl (C=O) groups is 2. The number of aromatic hydroxyl groups is 1. The molecule has 0 heterocycles. The molecule has 5 N–H and O–H groups in total. The van der Waals surface area contributed by atoms with Gasteiger partial charge in [-0.3, -0.25) is 4.79 Å². The number of amides is 3. The Morgan fingerprint density at radius 1 is 0.857 bits per heavy atom. The number of alkyl halides is 3. The van der Waals surface area contributed by atoms with Crippen molar-refractivity contribution in [1.29, 1.82) is 0 Å². The number of urea groups is 1. The number of rotatable bonds is 10. The maximum atomic E-state index is 13.4. The van der Waals surface area contributed by atoms with Gasteiger partial charge < -0.3 is 26.4 Å². The summed E-state index contributed by atoms with van der Waals surface area (Å²) in [5, 5.41) is 15.0. The Hall–Kier alpha value is -4.83. The molecular formula is C32H31F3N4O3. The van der Waals surface area contributed by atoms with Crippen molar-refractivity contribution in [2.24, 2.45) is 5.73 Å². The van der Waals surface area contributed by atoms with E-state index in [-0.39, 0.29) is 30.4 Å². The highest BCUT2D eigenvalue weighted by Crippen LogP contribution is 2.31. The van der Waals surface area contributed by atoms with Crippen molar-refractivity contribution in [1.82, 2.24) is 10.2 Å². The van der Waals surface area contributed by atoms with Crippen molar-refractivity contribution in [3.63, 3.8) is 0 Å². The summed E-state index contributed by atoms with van der Waals surface area (Å²) in [6.45, 7) is 1.05. The Bertz CT molecular complexity index is 1520. The number of phenols is 1. The third kappa shape index (κ3) is 8.11. The fraction of sp³-hybridized carbons (Fsp3) is 0.188. The fourth-order valence-electron chi connectivity index (χ4n) is 4.43. The molecule has 0 aliphatic rings. The number of halogens is 3. The van der Waals surface area contributed by atoms with Gasteiger partial charge in [0.1, 0.15) is 5.75 Å². The van der Waals surface area contributed by atoms with Crippen molar-refractivity contribution in [3.05, 3.63) is 119 Å². The van der Waals surface area contributed by atoms with E-state index < -0.39 is 17.8 Å². The predicted octanol–water partition coefficient (Wildman–Crippen LogP) is 6.04. The van der Waals surface area contributed by atoms with E-state index >= 15 is 0 Å². The standard InChI is InChI=1S/C32H31F3N4O3/c33-32(34,35)25-7-4-8-26(20-25)38-31(42)39(18-15-22-11-13-27(40)14-12-22)21-23-5-3-6-24(19-23)28-9-1-2-10-29(28)30(41)37-17-16-36/h1-14,19-20,40H,15-18,21,36H2,(H,37,41)(H,38,42). The number of benzene rings is 4. The highest BCUT2D eigenvalue weighted by Gasteiger charge is 2.30. The third-order valence-corrected chi connectivity index (χ3v) is 6.55. The first-order chi connectivity index (χ1) is 20.1. The molecule has 0 aliphatic heterocycles. The lowest BCUT2D eigenvalue weighted by molar-refractivity contribution is -0.137. The quantitative estimate of drug-likeness (QED) is 0.185. The predicted molar refractivity (Wildman–Crippen MR) is 156 cm³/mol. The van der Waals surface area contributed by atoms with Crippen LogP contribution >= 0.6 is 0 Å². The molecule has 0 aromatic heterocycles. The van der Waals surface area contributed by atoms with Gasteiger partial charge in [-0.1, -0.05) is 54.6 Å². The van der Waals surface area contributed by atoms with Crippen LogP contribution in [-0.2, 0) is 19.1 Å². The van der Waals surface area contributed by atoms with Crippen molar-refractivity contribution >= 4 is 17.6 Å². The Balaban J connectivity index is 1.59. The molecule has 0 aliphatic carbocycles. The summed E-state index contributed by atoms with van der Waals surface area (Å²) in [7, 11) is 0. The topological polar surface area (TPSA) is 108 Å². The van der Waals surface area contributed by atoms with E-state index in [1.165, 1.54) is 17.0 Å². The Labute approximate surface area is 241 Å². The smallest absolute Gasteiger partial charge is 0.416 e. The molecule has 0 atom stereocenters. The number of carbonyl (C=O) groups excluding carboxylic acids is 2. The first-order valence-electron chi connectivity index (χ1n) is 13.3. The van der Waals surface area contributed by atoms with Gasteiger partial charge >= 0.3 is 12.2 Å². The number of nitrogens with zero attached hydrogens (tertiary/aromatic N) is 1. The summed E-state index contributed by atoms with van der Waals surface area (Å²) in [5.74, 6) is -0.135. The largest absolute Gasteiger partial charge is 0.508 e. The molecule has 3 amide bonds. The minimum Gasteiger partial charge on any atom is -0.508 e. The summed E-state index contributed by atoms with van der Waals surface area (Å²) in [6.07, 6.45) is -4.10. The molecular weight excluding hydrogens is 545 g/mol. The van der Waals surface area contributed by atoms with Crippen LogP contribution in [0.5, 0.6) is 5.75 Å². The second-order valence-electron chi connectivity index (χ2n) is 9.64. The zero-order valence-electron chi connectivity index (χ0n) is 22.7. The van der Waals surface area contributed by atoms with E-state index in [1.54, 1.807) is 36.4 Å². The molecule has 0 bridgehead atoms. The van der Waals surface area contributed by atoms with E-state index in [9.17, 15) is 27.9 Å². The van der Waals surface area contributed by atoms with Gasteiger partial charge in [-0.2, -0.15) is 13.2 Å². The Morgan fingerprint density at radius 3 is 2.33 bits per heavy atom. The number of phenolic OH excluding ortho intramolecular Hbond substituents is 1. The summed E-state index contributed by atoms with van der Waals surface area (Å²) >= 11 is 0. The molecule has 7 nitrogen and oxygen atoms in total. The minimum absolute atomic E-state index is 0.0237. The molecule has 0 fully saturated rings. The summed E-state index contributed by atoms with van der Waals surface area (Å²) in [5.41, 5.74) is 8.27. The molecule has 4 aromatic rings. The average Bonchev–Trinajstić information content (AvgIpc) is 2.98. The SMILES string of the molecule is NCCNC(=O)c1ccccc1-c1cccc(CN(CCc2ccc(O)cc2)C(=O)Nc2cccc(C(F)(F)F)c2)c1. The van der Waals surface area contributed by atoms with Crippen LogP contribution < -0.4 is 16.4 Å². The highest BCUT2D eigenvalue weighted by molar-refractivity contribution is 6.01. The average molecular weight is 577 g/mol. The van der Waals surface area contributed by atoms with Gasteiger partial charge in [-0.25, -0.2) is 4.79 Å². The molecule has 10 heteroatoms. The highest BCUT2D eigenvalue weighted by atomic mass is 19.4. The van der Waals surface area contributed by atoms with E-state index in [0.717, 1.165) is 28.8 Å². The normalized spacial score (nSPS) is 11.1. The second kappa shape index (κ2) is 13.7. The van der Waals surface area contributed by atoms with E-state index in [4.69, 9.17) is 5.73 Å². The Morgan fingerprint density at radius 2 is 1.60 bits per heavy atom. The van der Waals surface area contributed by atoms with Crippen molar-refractivity contribution in [3.8, 4) is 16.9 Å². The van der Waals surface area contributed by atoms with Crippen LogP contribution in [0, 0.1) is 0 Å². The van der Waals surface area contributed by atoms with Crippen LogP contribution in [0.25, 0.3) is 11.1 Å². The van der Waals surface area contributed by atoms with Gasteiger partial charge in [0.25, 0.3) is 5.91 Å². The van der Waals surface area contributed by atoms with Crippen molar-refractivity contribution < 1.29 is 27.9 Å². The zero-order valence-corrected chi connectivity index (χ0v) is 22.7. The fourth-order valence-corrected chi connectivity index (χ4v) is 4.43. The molecule has 0 radical (unpaired) electrons. The monoisotopic (exact) mass is 576 g/mol. The van der Waals surface area contributed by atoms with Crippen molar-refractivity contribution in [2.75, 3.05) is 25.0 Å². The van der Waals surface area contributed by atoms with Crippen LogP contribution in [-0.4, -0.2) is 41.6 Å². The molecule has 0 spiro atoms. The van der Waals surface area contributed by atoms with Gasteiger partial charge in [0.2, 0.25) is 0 Å². The van der Waals surface area contributed by atoms with Gasteiger partial charge in [0, 0.05) is 37.4 Å². The van der Waals surface area contributed by atoms with Gasteiger partial charge in [-0.15, -0.1) is 0 Å². The van der Waals surface area contributed by atoms with E-state index in [1.807, 2.05) is 36.4 Å². The summed E-state index contributed by atoms with van der Waals surface area (Å²) in [4.78, 5) is 27.6. The van der Waals surface area contributed by atoms with E-state index in [0.29, 0.717) is 30.6 Å². The number of hydrogen-bond donors (Lipinski definition) is 4. The molecule has 0 saturated carbocycles. The molecule has 218 valence electrons. The molecule has 4 rings (SSSR count). The van der Waals surface area contributed by atoms with Crippen molar-refractivity contribution in [2.45, 2.75) is 19.1 Å². The maximum absolute atomic E-state index is 13.4. The van der Waals surface area contributed by atoms with Crippen LogP contribution in [0.4, 0.5) is 23.7 Å². The minimum atomic E-state index is -4.54. The lowest BCUT2D eigenvalue weighted by Crippen LogP contribution is -2.36. The number of nitrogens with one attached hydrogen (secondary N) is 2. The lowest BCUT2D eigenvalue weighted by atomic mass is 9.97. The van der Waals surface area contributed by atoms with Gasteiger partial charge in [-0.05, 0) is 71.1 Å². The molecule has 42 heavy (non-hydrogen) atoms. The van der Waals surface area contributed by atoms with Crippen LogP contribution in [0.3, 0.4) is 0 Å². The first-order valence-corrected chi connectivity index (χ1v) is 13.3. The van der Waals surface area contributed by atoms with Gasteiger partial charge in [0.05, 0.1) is 5.56 Å². The summed E-state index contributed by atoms with van der Waals surface area (Å²) in [6, 6.07) is 25.0. The first kappa shape index (κ1) is 30.1. The third-order valence-electron chi connectivity index (χ3n) is 6.55. The number of anilines is 1. The van der Waals surface area contributed by atoms with Crippen LogP contribution in [0.15, 0.2) is 97.1 Å². The molecule has 0 saturated heterocycles. The Kier molecular flexibility index (Phi) is 9.82.